The van der Waals surface area contributed by atoms with Crippen molar-refractivity contribution in [3.8, 4) is 0 Å². The van der Waals surface area contributed by atoms with Crippen LogP contribution in [0.5, 0.6) is 0 Å². The van der Waals surface area contributed by atoms with E-state index in [0.29, 0.717) is 54.9 Å². The molecule has 0 radical (unpaired) electrons. The molecule has 0 aliphatic rings. The summed E-state index contributed by atoms with van der Waals surface area (Å²) in [5.74, 6) is 1.43. The molecule has 3 aromatic rings. The zero-order valence-electron chi connectivity index (χ0n) is 26.3. The van der Waals surface area contributed by atoms with E-state index in [9.17, 15) is 9.59 Å². The van der Waals surface area contributed by atoms with Crippen LogP contribution in [0.2, 0.25) is 0 Å². The van der Waals surface area contributed by atoms with Gasteiger partial charge in [-0.3, -0.25) is 14.6 Å². The predicted octanol–water partition coefficient (Wildman–Crippen LogP) is 4.07. The van der Waals surface area contributed by atoms with Gasteiger partial charge in [0.05, 0.1) is 38.3 Å². The lowest BCUT2D eigenvalue weighted by Gasteiger charge is -2.33. The summed E-state index contributed by atoms with van der Waals surface area (Å²) < 4.78 is 0. The first-order valence-electron chi connectivity index (χ1n) is 14.4. The van der Waals surface area contributed by atoms with Crippen LogP contribution in [-0.4, -0.2) is 95.6 Å². The van der Waals surface area contributed by atoms with Crippen LogP contribution in [0.1, 0.15) is 56.6 Å². The lowest BCUT2D eigenvalue weighted by atomic mass is 10.1. The Balaban J connectivity index is 1.56. The molecule has 1 unspecified atom stereocenters. The summed E-state index contributed by atoms with van der Waals surface area (Å²) in [6.45, 7) is 13.9. The van der Waals surface area contributed by atoms with Crippen molar-refractivity contribution < 1.29 is 9.59 Å². The standard InChI is InChI=1S/C30H42N10O2S2/c1-8-24(17-39(7)30-35-15-23(16-36-30)28(41)33-13-12-31-5)40(9-2)29(42)22-10-11-26(34-14-22)37-19-43-18-25(32-6)27-20(3)38-21(4)44-27/h10-11,14-16,18,24,31H,6,8-9,12-13,17,19H2,1-5,7H3,(H,33,41)(H,34,37)/b25-18-. The number of carbonyl (C=O) groups excluding carboxylic acids is 2. The van der Waals surface area contributed by atoms with Gasteiger partial charge >= 0.3 is 0 Å². The first-order chi connectivity index (χ1) is 21.2. The molecule has 3 N–H and O–H groups in total. The minimum absolute atomic E-state index is 0.0785. The van der Waals surface area contributed by atoms with E-state index in [0.717, 1.165) is 27.7 Å². The Kier molecular flexibility index (Phi) is 13.7. The average molecular weight is 639 g/mol. The predicted molar refractivity (Wildman–Crippen MR) is 182 cm³/mol. The molecule has 0 aliphatic carbocycles. The van der Waals surface area contributed by atoms with Crippen molar-refractivity contribution in [2.75, 3.05) is 56.4 Å². The quantitative estimate of drug-likeness (QED) is 0.113. The Labute approximate surface area is 267 Å². The van der Waals surface area contributed by atoms with Crippen molar-refractivity contribution in [2.24, 2.45) is 4.99 Å². The maximum Gasteiger partial charge on any atom is 0.255 e. The Morgan fingerprint density at radius 1 is 1.11 bits per heavy atom. The number of anilines is 2. The SMILES string of the molecule is C=N/C(=C\SCNc1ccc(C(=O)N(CC)C(CC)CN(C)c2ncc(C(=O)NCCNC)cn2)cn1)c1sc(C)nc1C. The molecule has 236 valence electrons. The van der Waals surface area contributed by atoms with Gasteiger partial charge in [-0.25, -0.2) is 19.9 Å². The van der Waals surface area contributed by atoms with Crippen molar-refractivity contribution in [1.82, 2.24) is 35.5 Å². The number of nitrogens with one attached hydrogen (secondary N) is 3. The van der Waals surface area contributed by atoms with E-state index in [2.05, 4.69) is 54.5 Å². The number of nitrogens with zero attached hydrogens (tertiary/aromatic N) is 7. The van der Waals surface area contributed by atoms with Gasteiger partial charge in [-0.05, 0) is 58.5 Å². The first-order valence-corrected chi connectivity index (χ1v) is 16.3. The molecular formula is C30H42N10O2S2. The molecule has 0 aliphatic heterocycles. The topological polar surface area (TPSA) is 141 Å². The molecule has 0 saturated heterocycles. The molecular weight excluding hydrogens is 597 g/mol. The molecule has 2 amide bonds. The third kappa shape index (κ3) is 9.56. The van der Waals surface area contributed by atoms with Gasteiger partial charge in [-0.15, -0.1) is 23.1 Å². The molecule has 3 heterocycles. The van der Waals surface area contributed by atoms with Gasteiger partial charge in [0.15, 0.2) is 0 Å². The van der Waals surface area contributed by atoms with Crippen LogP contribution in [0.15, 0.2) is 41.1 Å². The van der Waals surface area contributed by atoms with E-state index in [4.69, 9.17) is 0 Å². The molecule has 3 rings (SSSR count). The molecule has 12 nitrogen and oxygen atoms in total. The molecule has 44 heavy (non-hydrogen) atoms. The van der Waals surface area contributed by atoms with Gasteiger partial charge in [0.25, 0.3) is 11.8 Å². The van der Waals surface area contributed by atoms with E-state index in [1.807, 2.05) is 56.1 Å². The fourth-order valence-corrected chi connectivity index (χ4v) is 6.05. The highest BCUT2D eigenvalue weighted by molar-refractivity contribution is 8.02. The summed E-state index contributed by atoms with van der Waals surface area (Å²) in [4.78, 5) is 52.4. The molecule has 3 aromatic heterocycles. The Hall–Kier alpha value is -3.88. The zero-order valence-corrected chi connectivity index (χ0v) is 27.9. The number of thioether (sulfide) groups is 1. The highest BCUT2D eigenvalue weighted by atomic mass is 32.2. The number of hydrogen-bond acceptors (Lipinski definition) is 12. The van der Waals surface area contributed by atoms with Crippen LogP contribution in [0.4, 0.5) is 11.8 Å². The normalized spacial score (nSPS) is 12.0. The van der Waals surface area contributed by atoms with Gasteiger partial charge in [0, 0.05) is 57.9 Å². The number of rotatable bonds is 17. The lowest BCUT2D eigenvalue weighted by molar-refractivity contribution is 0.0689. The van der Waals surface area contributed by atoms with Crippen molar-refractivity contribution in [2.45, 2.75) is 40.2 Å². The number of likely N-dealkylation sites (N-methyl/N-ethyl adjacent to an activating group) is 3. The van der Waals surface area contributed by atoms with Gasteiger partial charge in [-0.1, -0.05) is 6.92 Å². The molecule has 0 fully saturated rings. The number of aromatic nitrogens is 4. The van der Waals surface area contributed by atoms with E-state index in [1.165, 1.54) is 12.4 Å². The smallest absolute Gasteiger partial charge is 0.255 e. The summed E-state index contributed by atoms with van der Waals surface area (Å²) in [6, 6.07) is 3.53. The van der Waals surface area contributed by atoms with Crippen molar-refractivity contribution in [3.05, 3.63) is 62.8 Å². The average Bonchev–Trinajstić information content (AvgIpc) is 3.38. The number of pyridine rings is 1. The Morgan fingerprint density at radius 2 is 1.84 bits per heavy atom. The minimum atomic E-state index is -0.217. The van der Waals surface area contributed by atoms with E-state index < -0.39 is 0 Å². The van der Waals surface area contributed by atoms with Gasteiger partial charge in [0.2, 0.25) is 5.95 Å². The summed E-state index contributed by atoms with van der Waals surface area (Å²) in [5, 5.41) is 12.0. The number of aliphatic imine (C=N–C) groups is 1. The second kappa shape index (κ2) is 17.4. The highest BCUT2D eigenvalue weighted by Gasteiger charge is 2.24. The fourth-order valence-electron chi connectivity index (χ4n) is 4.41. The Morgan fingerprint density at radius 3 is 2.41 bits per heavy atom. The second-order valence-electron chi connectivity index (χ2n) is 9.89. The van der Waals surface area contributed by atoms with E-state index in [-0.39, 0.29) is 17.9 Å². The van der Waals surface area contributed by atoms with E-state index >= 15 is 0 Å². The van der Waals surface area contributed by atoms with E-state index in [1.54, 1.807) is 35.4 Å². The number of aryl methyl sites for hydroxylation is 2. The van der Waals surface area contributed by atoms with Crippen molar-refractivity contribution in [1.29, 1.82) is 0 Å². The number of hydrogen-bond donors (Lipinski definition) is 3. The number of amides is 2. The summed E-state index contributed by atoms with van der Waals surface area (Å²) in [5.41, 5.74) is 2.67. The molecule has 14 heteroatoms. The van der Waals surface area contributed by atoms with Crippen LogP contribution in [0, 0.1) is 13.8 Å². The molecule has 0 aromatic carbocycles. The van der Waals surface area contributed by atoms with Crippen LogP contribution in [0.25, 0.3) is 5.70 Å². The van der Waals surface area contributed by atoms with Crippen LogP contribution < -0.4 is 20.9 Å². The molecule has 0 spiro atoms. The van der Waals surface area contributed by atoms with Gasteiger partial charge < -0.3 is 25.8 Å². The summed E-state index contributed by atoms with van der Waals surface area (Å²) in [7, 11) is 3.71. The lowest BCUT2D eigenvalue weighted by Crippen LogP contribution is -2.46. The zero-order chi connectivity index (χ0) is 32.1. The van der Waals surface area contributed by atoms with Crippen molar-refractivity contribution in [3.63, 3.8) is 0 Å². The largest absolute Gasteiger partial charge is 0.361 e. The second-order valence-corrected chi connectivity index (χ2v) is 12.0. The monoisotopic (exact) mass is 638 g/mol. The summed E-state index contributed by atoms with van der Waals surface area (Å²) in [6.07, 6.45) is 5.39. The minimum Gasteiger partial charge on any atom is -0.361 e. The third-order valence-electron chi connectivity index (χ3n) is 6.75. The highest BCUT2D eigenvalue weighted by Crippen LogP contribution is 2.28. The summed E-state index contributed by atoms with van der Waals surface area (Å²) >= 11 is 3.15. The number of carbonyl (C=O) groups is 2. The van der Waals surface area contributed by atoms with Crippen LogP contribution in [-0.2, 0) is 0 Å². The molecule has 0 bridgehead atoms. The van der Waals surface area contributed by atoms with Crippen LogP contribution >= 0.6 is 23.1 Å². The van der Waals surface area contributed by atoms with Gasteiger partial charge in [0.1, 0.15) is 5.82 Å². The van der Waals surface area contributed by atoms with Crippen LogP contribution in [0.3, 0.4) is 0 Å². The number of thiazole rings is 1. The fraction of sp³-hybridized carbons (Fsp3) is 0.433. The van der Waals surface area contributed by atoms with Gasteiger partial charge in [-0.2, -0.15) is 0 Å². The van der Waals surface area contributed by atoms with Crippen molar-refractivity contribution >= 4 is 59.1 Å². The third-order valence-corrected chi connectivity index (χ3v) is 8.55. The Bertz CT molecular complexity index is 1410. The molecule has 1 atom stereocenters. The maximum atomic E-state index is 13.5. The molecule has 0 saturated carbocycles. The first kappa shape index (κ1) is 34.6. The maximum absolute atomic E-state index is 13.5.